The highest BCUT2D eigenvalue weighted by atomic mass is 32.3. The van der Waals surface area contributed by atoms with Crippen molar-refractivity contribution in [3.63, 3.8) is 0 Å². The maximum atomic E-state index is 8.74. The molecule has 0 radical (unpaired) electrons. The molecule has 74 valence electrons. The van der Waals surface area contributed by atoms with E-state index in [1.54, 1.807) is 0 Å². The summed E-state index contributed by atoms with van der Waals surface area (Å²) in [7, 11) is -4.67. The SMILES string of the molecule is NCc1ccccc1.O=S(=O)(O)O. The maximum Gasteiger partial charge on any atom is 0.394 e. The Balaban J connectivity index is 0.000000252. The van der Waals surface area contributed by atoms with Crippen LogP contribution in [0.25, 0.3) is 0 Å². The van der Waals surface area contributed by atoms with Crippen LogP contribution in [0.2, 0.25) is 0 Å². The highest BCUT2D eigenvalue weighted by molar-refractivity contribution is 7.79. The van der Waals surface area contributed by atoms with Crippen molar-refractivity contribution in [3.8, 4) is 0 Å². The number of rotatable bonds is 1. The van der Waals surface area contributed by atoms with Crippen LogP contribution in [0.1, 0.15) is 5.56 Å². The van der Waals surface area contributed by atoms with E-state index in [2.05, 4.69) is 0 Å². The summed E-state index contributed by atoms with van der Waals surface area (Å²) in [5.74, 6) is 0. The second-order valence-corrected chi connectivity index (χ2v) is 3.03. The number of nitrogens with two attached hydrogens (primary N) is 1. The molecule has 1 aromatic rings. The molecule has 0 unspecified atom stereocenters. The van der Waals surface area contributed by atoms with Crippen LogP contribution in [0, 0.1) is 0 Å². The summed E-state index contributed by atoms with van der Waals surface area (Å²) in [5, 5.41) is 0. The van der Waals surface area contributed by atoms with Crippen molar-refractivity contribution in [1.82, 2.24) is 0 Å². The number of benzene rings is 1. The lowest BCUT2D eigenvalue weighted by Crippen LogP contribution is -1.94. The second-order valence-electron chi connectivity index (χ2n) is 2.14. The van der Waals surface area contributed by atoms with Gasteiger partial charge >= 0.3 is 10.4 Å². The first-order chi connectivity index (χ1) is 5.93. The van der Waals surface area contributed by atoms with Gasteiger partial charge in [0.05, 0.1) is 0 Å². The minimum Gasteiger partial charge on any atom is -0.326 e. The molecule has 0 saturated heterocycles. The van der Waals surface area contributed by atoms with E-state index in [-0.39, 0.29) is 0 Å². The fraction of sp³-hybridized carbons (Fsp3) is 0.143. The zero-order chi connectivity index (χ0) is 10.3. The minimum absolute atomic E-state index is 0.640. The van der Waals surface area contributed by atoms with Crippen LogP contribution in [0.15, 0.2) is 30.3 Å². The van der Waals surface area contributed by atoms with E-state index < -0.39 is 10.4 Å². The summed E-state index contributed by atoms with van der Waals surface area (Å²) in [4.78, 5) is 0. The van der Waals surface area contributed by atoms with Gasteiger partial charge in [-0.2, -0.15) is 8.42 Å². The summed E-state index contributed by atoms with van der Waals surface area (Å²) in [6.07, 6.45) is 0. The van der Waals surface area contributed by atoms with Gasteiger partial charge in [-0.1, -0.05) is 30.3 Å². The summed E-state index contributed by atoms with van der Waals surface area (Å²) < 4.78 is 31.6. The summed E-state index contributed by atoms with van der Waals surface area (Å²) in [6, 6.07) is 9.99. The van der Waals surface area contributed by atoms with Crippen molar-refractivity contribution >= 4 is 10.4 Å². The summed E-state index contributed by atoms with van der Waals surface area (Å²) in [6.45, 7) is 0.640. The lowest BCUT2D eigenvalue weighted by atomic mass is 10.2. The van der Waals surface area contributed by atoms with Crippen molar-refractivity contribution in [1.29, 1.82) is 0 Å². The van der Waals surface area contributed by atoms with E-state index in [0.717, 1.165) is 0 Å². The predicted octanol–water partition coefficient (Wildman–Crippen LogP) is 0.493. The smallest absolute Gasteiger partial charge is 0.326 e. The Hall–Kier alpha value is -0.950. The molecule has 0 aliphatic carbocycles. The van der Waals surface area contributed by atoms with E-state index in [4.69, 9.17) is 23.3 Å². The quantitative estimate of drug-likeness (QED) is 0.579. The molecule has 1 aromatic carbocycles. The Morgan fingerprint density at radius 2 is 1.54 bits per heavy atom. The van der Waals surface area contributed by atoms with E-state index in [0.29, 0.717) is 6.54 Å². The molecule has 0 aliphatic rings. The molecule has 6 heteroatoms. The molecule has 5 nitrogen and oxygen atoms in total. The van der Waals surface area contributed by atoms with Gasteiger partial charge in [-0.25, -0.2) is 0 Å². The zero-order valence-electron chi connectivity index (χ0n) is 6.79. The van der Waals surface area contributed by atoms with Crippen LogP contribution < -0.4 is 5.73 Å². The van der Waals surface area contributed by atoms with Crippen molar-refractivity contribution in [3.05, 3.63) is 35.9 Å². The van der Waals surface area contributed by atoms with Crippen LogP contribution in [0.5, 0.6) is 0 Å². The van der Waals surface area contributed by atoms with Gasteiger partial charge in [0.1, 0.15) is 0 Å². The molecule has 0 saturated carbocycles. The van der Waals surface area contributed by atoms with E-state index >= 15 is 0 Å². The molecule has 1 rings (SSSR count). The summed E-state index contributed by atoms with van der Waals surface area (Å²) >= 11 is 0. The molecule has 0 aromatic heterocycles. The van der Waals surface area contributed by atoms with Crippen molar-refractivity contribution in [2.24, 2.45) is 5.73 Å². The molecule has 0 fully saturated rings. The van der Waals surface area contributed by atoms with Crippen molar-refractivity contribution in [2.75, 3.05) is 0 Å². The van der Waals surface area contributed by atoms with Crippen molar-refractivity contribution in [2.45, 2.75) is 6.54 Å². The van der Waals surface area contributed by atoms with Gasteiger partial charge in [0.15, 0.2) is 0 Å². The topological polar surface area (TPSA) is 101 Å². The summed E-state index contributed by atoms with van der Waals surface area (Å²) in [5.41, 5.74) is 6.54. The molecular weight excluding hydrogens is 194 g/mol. The van der Waals surface area contributed by atoms with Gasteiger partial charge in [0, 0.05) is 6.54 Å². The Morgan fingerprint density at radius 3 is 1.77 bits per heavy atom. The first kappa shape index (κ1) is 12.0. The maximum absolute atomic E-state index is 8.74. The first-order valence-corrected chi connectivity index (χ1v) is 4.77. The van der Waals surface area contributed by atoms with Crippen LogP contribution in [0.4, 0.5) is 0 Å². The molecule has 0 bridgehead atoms. The highest BCUT2D eigenvalue weighted by Crippen LogP contribution is 1.94. The molecule has 0 spiro atoms. The fourth-order valence-electron chi connectivity index (χ4n) is 0.614. The third kappa shape index (κ3) is 11.0. The fourth-order valence-corrected chi connectivity index (χ4v) is 0.614. The lowest BCUT2D eigenvalue weighted by Gasteiger charge is -1.90. The van der Waals surface area contributed by atoms with Gasteiger partial charge in [-0.15, -0.1) is 0 Å². The predicted molar refractivity (Wildman–Crippen MR) is 48.5 cm³/mol. The van der Waals surface area contributed by atoms with E-state index in [1.807, 2.05) is 30.3 Å². The van der Waals surface area contributed by atoms with Gasteiger partial charge < -0.3 is 5.73 Å². The molecule has 0 aliphatic heterocycles. The largest absolute Gasteiger partial charge is 0.394 e. The van der Waals surface area contributed by atoms with Gasteiger partial charge in [-0.05, 0) is 5.56 Å². The van der Waals surface area contributed by atoms with Gasteiger partial charge in [0.2, 0.25) is 0 Å². The average Bonchev–Trinajstić information content (AvgIpc) is 2.03. The molecular formula is C7H11NO4S. The molecule has 4 N–H and O–H groups in total. The zero-order valence-corrected chi connectivity index (χ0v) is 7.61. The normalized spacial score (nSPS) is 10.1. The Labute approximate surface area is 76.8 Å². The van der Waals surface area contributed by atoms with E-state index in [1.165, 1.54) is 5.56 Å². The molecule has 0 atom stereocenters. The standard InChI is InChI=1S/C7H9N.H2O4S/c8-6-7-4-2-1-3-5-7;1-5(2,3)4/h1-5H,6,8H2;(H2,1,2,3,4). The number of hydrogen-bond acceptors (Lipinski definition) is 3. The Morgan fingerprint density at radius 1 is 1.15 bits per heavy atom. The Bertz CT molecular complexity index is 314. The van der Waals surface area contributed by atoms with Gasteiger partial charge in [0.25, 0.3) is 0 Å². The van der Waals surface area contributed by atoms with Crippen molar-refractivity contribution < 1.29 is 17.5 Å². The second kappa shape index (κ2) is 5.65. The van der Waals surface area contributed by atoms with Crippen LogP contribution in [-0.2, 0) is 16.9 Å². The molecule has 0 amide bonds. The third-order valence-electron chi connectivity index (χ3n) is 1.08. The number of hydrogen-bond donors (Lipinski definition) is 3. The van der Waals surface area contributed by atoms with Gasteiger partial charge in [-0.3, -0.25) is 9.11 Å². The lowest BCUT2D eigenvalue weighted by molar-refractivity contribution is 0.381. The van der Waals surface area contributed by atoms with E-state index in [9.17, 15) is 0 Å². The Kier molecular flexibility index (Phi) is 5.24. The highest BCUT2D eigenvalue weighted by Gasteiger charge is 1.84. The monoisotopic (exact) mass is 205 g/mol. The van der Waals surface area contributed by atoms with Crippen LogP contribution in [-0.4, -0.2) is 17.5 Å². The molecule has 0 heterocycles. The minimum atomic E-state index is -4.67. The first-order valence-electron chi connectivity index (χ1n) is 3.37. The average molecular weight is 205 g/mol. The third-order valence-corrected chi connectivity index (χ3v) is 1.08. The van der Waals surface area contributed by atoms with Crippen LogP contribution >= 0.6 is 0 Å². The molecule has 13 heavy (non-hydrogen) atoms. The van der Waals surface area contributed by atoms with Crippen LogP contribution in [0.3, 0.4) is 0 Å².